The summed E-state index contributed by atoms with van der Waals surface area (Å²) in [6, 6.07) is 11.6. The molecule has 0 radical (unpaired) electrons. The van der Waals surface area contributed by atoms with Gasteiger partial charge in [-0.2, -0.15) is 11.8 Å². The van der Waals surface area contributed by atoms with Crippen LogP contribution in [0.5, 0.6) is 17.2 Å². The van der Waals surface area contributed by atoms with E-state index < -0.39 is 0 Å². The lowest BCUT2D eigenvalue weighted by atomic mass is 10.1. The third kappa shape index (κ3) is 5.14. The van der Waals surface area contributed by atoms with Crippen LogP contribution < -0.4 is 14.2 Å². The van der Waals surface area contributed by atoms with Crippen molar-refractivity contribution in [2.75, 3.05) is 33.3 Å². The maximum Gasteiger partial charge on any atom is 0.203 e. The molecule has 0 fully saturated rings. The van der Waals surface area contributed by atoms with Crippen LogP contribution in [0, 0.1) is 23.7 Å². The SMILES string of the molecule is COc1cc(C#Cc2ccc(C#CCSC)cc2)cc(OC)c1OC. The van der Waals surface area contributed by atoms with E-state index in [-0.39, 0.29) is 0 Å². The first-order valence-electron chi connectivity index (χ1n) is 7.61. The quantitative estimate of drug-likeness (QED) is 0.782. The molecule has 0 amide bonds. The van der Waals surface area contributed by atoms with Gasteiger partial charge in [0.1, 0.15) is 0 Å². The van der Waals surface area contributed by atoms with E-state index in [2.05, 4.69) is 23.7 Å². The van der Waals surface area contributed by atoms with Crippen molar-refractivity contribution in [1.29, 1.82) is 0 Å². The van der Waals surface area contributed by atoms with Gasteiger partial charge in [0.2, 0.25) is 5.75 Å². The number of hydrogen-bond acceptors (Lipinski definition) is 4. The van der Waals surface area contributed by atoms with Crippen molar-refractivity contribution >= 4 is 11.8 Å². The second-order valence-electron chi connectivity index (χ2n) is 4.98. The van der Waals surface area contributed by atoms with Gasteiger partial charge in [0, 0.05) is 16.7 Å². The fourth-order valence-electron chi connectivity index (χ4n) is 2.14. The van der Waals surface area contributed by atoms with E-state index in [4.69, 9.17) is 14.2 Å². The molecule has 2 aromatic carbocycles. The molecule has 0 aliphatic carbocycles. The van der Waals surface area contributed by atoms with E-state index in [0.29, 0.717) is 17.2 Å². The minimum Gasteiger partial charge on any atom is -0.493 e. The minimum atomic E-state index is 0.559. The van der Waals surface area contributed by atoms with Crippen molar-refractivity contribution in [3.05, 3.63) is 53.1 Å². The predicted octanol–water partition coefficient (Wildman–Crippen LogP) is 3.83. The number of rotatable bonds is 4. The number of thioether (sulfide) groups is 1. The molecule has 128 valence electrons. The van der Waals surface area contributed by atoms with Gasteiger partial charge in [-0.05, 0) is 42.7 Å². The second-order valence-corrected chi connectivity index (χ2v) is 5.84. The molecule has 0 heterocycles. The van der Waals surface area contributed by atoms with E-state index in [1.54, 1.807) is 33.1 Å². The third-order valence-corrected chi connectivity index (χ3v) is 3.78. The van der Waals surface area contributed by atoms with Crippen molar-refractivity contribution in [3.8, 4) is 40.9 Å². The van der Waals surface area contributed by atoms with Crippen LogP contribution in [0.15, 0.2) is 36.4 Å². The Bertz CT molecular complexity index is 808. The van der Waals surface area contributed by atoms with Gasteiger partial charge >= 0.3 is 0 Å². The molecule has 2 aromatic rings. The molecule has 0 aromatic heterocycles. The summed E-state index contributed by atoms with van der Waals surface area (Å²) < 4.78 is 16.0. The monoisotopic (exact) mass is 352 g/mol. The fraction of sp³-hybridized carbons (Fsp3) is 0.238. The first kappa shape index (κ1) is 18.6. The van der Waals surface area contributed by atoms with Crippen LogP contribution in [0.2, 0.25) is 0 Å². The largest absolute Gasteiger partial charge is 0.493 e. The van der Waals surface area contributed by atoms with Gasteiger partial charge in [0.15, 0.2) is 11.5 Å². The van der Waals surface area contributed by atoms with Gasteiger partial charge < -0.3 is 14.2 Å². The minimum absolute atomic E-state index is 0.559. The first-order valence-corrected chi connectivity index (χ1v) is 9.01. The Kier molecular flexibility index (Phi) is 7.14. The molecule has 3 nitrogen and oxygen atoms in total. The zero-order chi connectivity index (χ0) is 18.1. The molecule has 25 heavy (non-hydrogen) atoms. The number of hydrogen-bond donors (Lipinski definition) is 0. The smallest absolute Gasteiger partial charge is 0.203 e. The topological polar surface area (TPSA) is 27.7 Å². The van der Waals surface area contributed by atoms with Gasteiger partial charge in [-0.15, -0.1) is 0 Å². The molecule has 0 atom stereocenters. The summed E-state index contributed by atoms with van der Waals surface area (Å²) in [7, 11) is 4.76. The maximum absolute atomic E-state index is 5.34. The zero-order valence-electron chi connectivity index (χ0n) is 14.8. The van der Waals surface area contributed by atoms with E-state index >= 15 is 0 Å². The summed E-state index contributed by atoms with van der Waals surface area (Å²) in [6.07, 6.45) is 2.04. The summed E-state index contributed by atoms with van der Waals surface area (Å²) in [5.41, 5.74) is 2.70. The average Bonchev–Trinajstić information content (AvgIpc) is 2.66. The van der Waals surface area contributed by atoms with E-state index in [1.807, 2.05) is 42.7 Å². The Morgan fingerprint density at radius 2 is 1.28 bits per heavy atom. The number of ether oxygens (including phenoxy) is 3. The number of benzene rings is 2. The molecule has 0 saturated carbocycles. The Labute approximate surface area is 153 Å². The lowest BCUT2D eigenvalue weighted by Gasteiger charge is -2.12. The van der Waals surface area contributed by atoms with Crippen molar-refractivity contribution in [1.82, 2.24) is 0 Å². The molecule has 2 rings (SSSR count). The highest BCUT2D eigenvalue weighted by molar-refractivity contribution is 7.98. The van der Waals surface area contributed by atoms with Crippen LogP contribution in [0.25, 0.3) is 0 Å². The molecule has 0 aliphatic rings. The Morgan fingerprint density at radius 1 is 0.760 bits per heavy atom. The maximum atomic E-state index is 5.34. The zero-order valence-corrected chi connectivity index (χ0v) is 15.6. The standard InChI is InChI=1S/C21H20O3S/c1-22-19-14-18(15-20(23-2)21(19)24-3)12-11-17-9-7-16(8-10-17)6-5-13-25-4/h7-10,14-15H,13H2,1-4H3. The molecule has 0 saturated heterocycles. The lowest BCUT2D eigenvalue weighted by molar-refractivity contribution is 0.324. The van der Waals surface area contributed by atoms with E-state index in [9.17, 15) is 0 Å². The van der Waals surface area contributed by atoms with Crippen molar-refractivity contribution in [3.63, 3.8) is 0 Å². The molecule has 0 unspecified atom stereocenters. The Morgan fingerprint density at radius 3 is 1.76 bits per heavy atom. The highest BCUT2D eigenvalue weighted by Gasteiger charge is 2.12. The lowest BCUT2D eigenvalue weighted by Crippen LogP contribution is -1.95. The first-order chi connectivity index (χ1) is 12.2. The summed E-state index contributed by atoms with van der Waals surface area (Å²) >= 11 is 1.71. The molecule has 0 N–H and O–H groups in total. The number of methoxy groups -OCH3 is 3. The predicted molar refractivity (Wildman–Crippen MR) is 104 cm³/mol. The normalized spacial score (nSPS) is 9.28. The summed E-state index contributed by atoms with van der Waals surface area (Å²) in [5, 5.41) is 0. The van der Waals surface area contributed by atoms with Crippen LogP contribution in [0.3, 0.4) is 0 Å². The van der Waals surface area contributed by atoms with Crippen molar-refractivity contribution in [2.45, 2.75) is 0 Å². The summed E-state index contributed by atoms with van der Waals surface area (Å²) in [4.78, 5) is 0. The van der Waals surface area contributed by atoms with Crippen molar-refractivity contribution in [2.24, 2.45) is 0 Å². The van der Waals surface area contributed by atoms with E-state index in [1.165, 1.54) is 0 Å². The molecular weight excluding hydrogens is 332 g/mol. The summed E-state index contributed by atoms with van der Waals surface area (Å²) in [6.45, 7) is 0. The van der Waals surface area contributed by atoms with Crippen LogP contribution in [-0.4, -0.2) is 33.3 Å². The fourth-order valence-corrected chi connectivity index (χ4v) is 2.36. The Balaban J connectivity index is 2.25. The molecule has 0 spiro atoms. The van der Waals surface area contributed by atoms with Gasteiger partial charge in [0.25, 0.3) is 0 Å². The molecule has 0 aliphatic heterocycles. The van der Waals surface area contributed by atoms with Crippen molar-refractivity contribution < 1.29 is 14.2 Å². The Hall–Kier alpha value is -2.69. The van der Waals surface area contributed by atoms with Gasteiger partial charge in [0.05, 0.1) is 27.1 Å². The van der Waals surface area contributed by atoms with E-state index in [0.717, 1.165) is 22.4 Å². The average molecular weight is 352 g/mol. The van der Waals surface area contributed by atoms with Gasteiger partial charge in [-0.25, -0.2) is 0 Å². The highest BCUT2D eigenvalue weighted by atomic mass is 32.2. The molecule has 4 heteroatoms. The molecule has 0 bridgehead atoms. The summed E-state index contributed by atoms with van der Waals surface area (Å²) in [5.74, 6) is 15.1. The van der Waals surface area contributed by atoms with Crippen LogP contribution in [0.1, 0.15) is 16.7 Å². The third-order valence-electron chi connectivity index (χ3n) is 3.35. The molecular formula is C21H20O3S. The van der Waals surface area contributed by atoms with Gasteiger partial charge in [-0.3, -0.25) is 0 Å². The highest BCUT2D eigenvalue weighted by Crippen LogP contribution is 2.37. The van der Waals surface area contributed by atoms with Crippen LogP contribution in [-0.2, 0) is 0 Å². The van der Waals surface area contributed by atoms with Crippen LogP contribution >= 0.6 is 11.8 Å². The second kappa shape index (κ2) is 9.57. The van der Waals surface area contributed by atoms with Crippen LogP contribution in [0.4, 0.5) is 0 Å². The van der Waals surface area contributed by atoms with Gasteiger partial charge in [-0.1, -0.05) is 23.7 Å².